The van der Waals surface area contributed by atoms with Crippen molar-refractivity contribution in [3.63, 3.8) is 0 Å². The number of nitrogens with one attached hydrogen (secondary N) is 2. The van der Waals surface area contributed by atoms with Crippen molar-refractivity contribution in [2.24, 2.45) is 10.8 Å². The zero-order chi connectivity index (χ0) is 12.8. The molecule has 0 rings (SSSR count). The topological polar surface area (TPSA) is 41.1 Å². The number of hydrogen-bond acceptors (Lipinski definition) is 2. The van der Waals surface area contributed by atoms with E-state index in [2.05, 4.69) is 45.3 Å². The second kappa shape index (κ2) is 6.24. The van der Waals surface area contributed by atoms with E-state index in [1.54, 1.807) is 0 Å². The molecule has 0 aromatic heterocycles. The Morgan fingerprint density at radius 1 is 1.12 bits per heavy atom. The van der Waals surface area contributed by atoms with E-state index in [-0.39, 0.29) is 16.7 Å². The summed E-state index contributed by atoms with van der Waals surface area (Å²) in [6.45, 7) is 12.7. The lowest BCUT2D eigenvalue weighted by atomic mass is 9.69. The van der Waals surface area contributed by atoms with Gasteiger partial charge in [0.15, 0.2) is 0 Å². The van der Waals surface area contributed by atoms with Crippen LogP contribution in [0.15, 0.2) is 0 Å². The Morgan fingerprint density at radius 3 is 2.12 bits per heavy atom. The van der Waals surface area contributed by atoms with Crippen molar-refractivity contribution in [1.82, 2.24) is 10.6 Å². The van der Waals surface area contributed by atoms with Crippen molar-refractivity contribution in [1.29, 1.82) is 0 Å². The molecule has 0 unspecified atom stereocenters. The fourth-order valence-corrected chi connectivity index (χ4v) is 1.10. The molecule has 3 heteroatoms. The SMILES string of the molecule is CNCCCC(=O)NCC(C)(C)C(C)(C)C. The maximum atomic E-state index is 11.6. The fourth-order valence-electron chi connectivity index (χ4n) is 1.10. The first-order chi connectivity index (χ1) is 7.20. The highest BCUT2D eigenvalue weighted by atomic mass is 16.1. The minimum atomic E-state index is 0.117. The molecule has 0 spiro atoms. The molecule has 0 fully saturated rings. The van der Waals surface area contributed by atoms with E-state index in [1.165, 1.54) is 0 Å². The largest absolute Gasteiger partial charge is 0.356 e. The first-order valence-corrected chi connectivity index (χ1v) is 6.12. The minimum Gasteiger partial charge on any atom is -0.356 e. The predicted octanol–water partition coefficient (Wildman–Crippen LogP) is 2.17. The monoisotopic (exact) mass is 228 g/mol. The van der Waals surface area contributed by atoms with Gasteiger partial charge in [-0.2, -0.15) is 0 Å². The van der Waals surface area contributed by atoms with Crippen LogP contribution in [0.3, 0.4) is 0 Å². The highest BCUT2D eigenvalue weighted by molar-refractivity contribution is 5.75. The molecular weight excluding hydrogens is 200 g/mol. The lowest BCUT2D eigenvalue weighted by Gasteiger charge is -2.39. The summed E-state index contributed by atoms with van der Waals surface area (Å²) < 4.78 is 0. The number of amides is 1. The van der Waals surface area contributed by atoms with E-state index in [0.29, 0.717) is 6.42 Å². The van der Waals surface area contributed by atoms with E-state index >= 15 is 0 Å². The van der Waals surface area contributed by atoms with Gasteiger partial charge in [0.25, 0.3) is 0 Å². The summed E-state index contributed by atoms with van der Waals surface area (Å²) in [6, 6.07) is 0. The Hall–Kier alpha value is -0.570. The number of carbonyl (C=O) groups is 1. The van der Waals surface area contributed by atoms with Crippen molar-refractivity contribution < 1.29 is 4.79 Å². The molecule has 1 amide bonds. The Morgan fingerprint density at radius 2 is 1.69 bits per heavy atom. The van der Waals surface area contributed by atoms with Gasteiger partial charge in [0.2, 0.25) is 5.91 Å². The molecule has 0 saturated heterocycles. The second-order valence-electron chi connectivity index (χ2n) is 6.12. The highest BCUT2D eigenvalue weighted by Crippen LogP contribution is 2.36. The minimum absolute atomic E-state index is 0.117. The predicted molar refractivity (Wildman–Crippen MR) is 69.4 cm³/mol. The van der Waals surface area contributed by atoms with Gasteiger partial charge in [-0.15, -0.1) is 0 Å². The summed E-state index contributed by atoms with van der Waals surface area (Å²) in [4.78, 5) is 11.6. The number of hydrogen-bond donors (Lipinski definition) is 2. The van der Waals surface area contributed by atoms with Crippen LogP contribution in [0.4, 0.5) is 0 Å². The number of rotatable bonds is 6. The van der Waals surface area contributed by atoms with Crippen molar-refractivity contribution >= 4 is 5.91 Å². The summed E-state index contributed by atoms with van der Waals surface area (Å²) in [5.74, 6) is 0.160. The van der Waals surface area contributed by atoms with Crippen LogP contribution in [0.5, 0.6) is 0 Å². The maximum absolute atomic E-state index is 11.6. The Balaban J connectivity index is 3.92. The van der Waals surface area contributed by atoms with Gasteiger partial charge >= 0.3 is 0 Å². The zero-order valence-electron chi connectivity index (χ0n) is 11.7. The lowest BCUT2D eigenvalue weighted by molar-refractivity contribution is -0.121. The quantitative estimate of drug-likeness (QED) is 0.684. The molecular formula is C13H28N2O. The molecule has 96 valence electrons. The van der Waals surface area contributed by atoms with E-state index in [4.69, 9.17) is 0 Å². The Bertz CT molecular complexity index is 216. The van der Waals surface area contributed by atoms with E-state index in [0.717, 1.165) is 19.5 Å². The van der Waals surface area contributed by atoms with Crippen LogP contribution in [0.2, 0.25) is 0 Å². The molecule has 3 nitrogen and oxygen atoms in total. The molecule has 0 aliphatic carbocycles. The summed E-state index contributed by atoms with van der Waals surface area (Å²) in [7, 11) is 1.90. The molecule has 0 aromatic carbocycles. The highest BCUT2D eigenvalue weighted by Gasteiger charge is 2.32. The van der Waals surface area contributed by atoms with Gasteiger partial charge in [-0.25, -0.2) is 0 Å². The molecule has 2 N–H and O–H groups in total. The summed E-state index contributed by atoms with van der Waals surface area (Å²) in [5, 5.41) is 6.06. The van der Waals surface area contributed by atoms with Crippen LogP contribution in [0, 0.1) is 10.8 Å². The first kappa shape index (κ1) is 15.4. The molecule has 0 aromatic rings. The number of carbonyl (C=O) groups excluding carboxylic acids is 1. The van der Waals surface area contributed by atoms with E-state index in [1.807, 2.05) is 7.05 Å². The normalized spacial score (nSPS) is 12.6. The van der Waals surface area contributed by atoms with Gasteiger partial charge in [0.1, 0.15) is 0 Å². The van der Waals surface area contributed by atoms with Crippen LogP contribution >= 0.6 is 0 Å². The Kier molecular flexibility index (Phi) is 6.01. The van der Waals surface area contributed by atoms with Gasteiger partial charge in [-0.3, -0.25) is 4.79 Å². The van der Waals surface area contributed by atoms with Crippen molar-refractivity contribution in [2.45, 2.75) is 47.5 Å². The molecule has 16 heavy (non-hydrogen) atoms. The average Bonchev–Trinajstić information content (AvgIpc) is 2.13. The average molecular weight is 228 g/mol. The van der Waals surface area contributed by atoms with Crippen molar-refractivity contribution in [2.75, 3.05) is 20.1 Å². The molecule has 0 aliphatic rings. The van der Waals surface area contributed by atoms with Gasteiger partial charge < -0.3 is 10.6 Å². The Labute approximate surface area is 100 Å². The summed E-state index contributed by atoms with van der Waals surface area (Å²) in [5.41, 5.74) is 0.316. The third-order valence-electron chi connectivity index (χ3n) is 3.59. The third-order valence-corrected chi connectivity index (χ3v) is 3.59. The molecule has 0 bridgehead atoms. The smallest absolute Gasteiger partial charge is 0.220 e. The van der Waals surface area contributed by atoms with Crippen LogP contribution < -0.4 is 10.6 Å². The molecule has 0 atom stereocenters. The fraction of sp³-hybridized carbons (Fsp3) is 0.923. The van der Waals surface area contributed by atoms with Crippen LogP contribution in [-0.4, -0.2) is 26.0 Å². The van der Waals surface area contributed by atoms with Gasteiger partial charge in [0.05, 0.1) is 0 Å². The molecule has 0 saturated carbocycles. The van der Waals surface area contributed by atoms with Crippen LogP contribution in [0.25, 0.3) is 0 Å². The summed E-state index contributed by atoms with van der Waals surface area (Å²) in [6.07, 6.45) is 1.51. The van der Waals surface area contributed by atoms with Gasteiger partial charge in [0, 0.05) is 13.0 Å². The lowest BCUT2D eigenvalue weighted by Crippen LogP contribution is -2.41. The second-order valence-corrected chi connectivity index (χ2v) is 6.12. The van der Waals surface area contributed by atoms with E-state index < -0.39 is 0 Å². The maximum Gasteiger partial charge on any atom is 0.220 e. The molecule has 0 aliphatic heterocycles. The zero-order valence-corrected chi connectivity index (χ0v) is 11.7. The summed E-state index contributed by atoms with van der Waals surface area (Å²) >= 11 is 0. The van der Waals surface area contributed by atoms with Crippen molar-refractivity contribution in [3.05, 3.63) is 0 Å². The van der Waals surface area contributed by atoms with Gasteiger partial charge in [-0.1, -0.05) is 34.6 Å². The first-order valence-electron chi connectivity index (χ1n) is 6.12. The van der Waals surface area contributed by atoms with Crippen LogP contribution in [0.1, 0.15) is 47.5 Å². The standard InChI is InChI=1S/C13H28N2O/c1-12(2,3)13(4,5)10-15-11(16)8-7-9-14-6/h14H,7-10H2,1-6H3,(H,15,16). The molecule has 0 radical (unpaired) electrons. The molecule has 0 heterocycles. The third kappa shape index (κ3) is 5.50. The van der Waals surface area contributed by atoms with Crippen molar-refractivity contribution in [3.8, 4) is 0 Å². The van der Waals surface area contributed by atoms with Crippen LogP contribution in [-0.2, 0) is 4.79 Å². The van der Waals surface area contributed by atoms with Gasteiger partial charge in [-0.05, 0) is 30.8 Å². The van der Waals surface area contributed by atoms with E-state index in [9.17, 15) is 4.79 Å².